The largest absolute Gasteiger partial charge is 0.417 e. The first-order valence-corrected chi connectivity index (χ1v) is 8.05. The molecule has 0 saturated heterocycles. The summed E-state index contributed by atoms with van der Waals surface area (Å²) in [6.45, 7) is 2.25. The van der Waals surface area contributed by atoms with E-state index in [2.05, 4.69) is 15.6 Å². The lowest BCUT2D eigenvalue weighted by Gasteiger charge is -2.12. The zero-order chi connectivity index (χ0) is 17.7. The standard InChI is InChI=1S/C15H13ClF3N3OS/c1-2-20-14(23)22-11-5-3-4-6-12(11)24-13-10(16)7-9(8-21-13)15(17,18)19/h3-8H,2H2,1H3,(H2,20,22,23). The molecule has 2 N–H and O–H groups in total. The Morgan fingerprint density at radius 2 is 2.04 bits per heavy atom. The van der Waals surface area contributed by atoms with Crippen molar-refractivity contribution in [2.24, 2.45) is 0 Å². The highest BCUT2D eigenvalue weighted by Crippen LogP contribution is 2.38. The maximum absolute atomic E-state index is 12.6. The van der Waals surface area contributed by atoms with Crippen molar-refractivity contribution in [3.05, 3.63) is 47.1 Å². The van der Waals surface area contributed by atoms with Gasteiger partial charge in [-0.2, -0.15) is 13.2 Å². The number of rotatable bonds is 4. The third-order valence-electron chi connectivity index (χ3n) is 2.81. The summed E-state index contributed by atoms with van der Waals surface area (Å²) >= 11 is 6.98. The number of anilines is 1. The minimum atomic E-state index is -4.50. The first-order valence-electron chi connectivity index (χ1n) is 6.85. The SMILES string of the molecule is CCNC(=O)Nc1ccccc1Sc1ncc(C(F)(F)F)cc1Cl. The summed E-state index contributed by atoms with van der Waals surface area (Å²) in [4.78, 5) is 16.0. The monoisotopic (exact) mass is 375 g/mol. The number of amides is 2. The molecule has 0 atom stereocenters. The van der Waals surface area contributed by atoms with Gasteiger partial charge in [-0.25, -0.2) is 9.78 Å². The topological polar surface area (TPSA) is 54.0 Å². The molecule has 0 saturated carbocycles. The van der Waals surface area contributed by atoms with E-state index >= 15 is 0 Å². The predicted octanol–water partition coefficient (Wildman–Crippen LogP) is 5.05. The predicted molar refractivity (Wildman–Crippen MR) is 87.5 cm³/mol. The van der Waals surface area contributed by atoms with Crippen LogP contribution in [0.15, 0.2) is 46.5 Å². The third-order valence-corrected chi connectivity index (χ3v) is 4.31. The van der Waals surface area contributed by atoms with Crippen molar-refractivity contribution >= 4 is 35.1 Å². The summed E-state index contributed by atoms with van der Waals surface area (Å²) in [6.07, 6.45) is -3.77. The molecule has 2 rings (SSSR count). The summed E-state index contributed by atoms with van der Waals surface area (Å²) in [7, 11) is 0. The van der Waals surface area contributed by atoms with Crippen LogP contribution in [0.2, 0.25) is 5.02 Å². The van der Waals surface area contributed by atoms with Gasteiger partial charge in [-0.15, -0.1) is 0 Å². The van der Waals surface area contributed by atoms with Crippen LogP contribution in [-0.4, -0.2) is 17.6 Å². The normalized spacial score (nSPS) is 11.2. The number of hydrogen-bond acceptors (Lipinski definition) is 3. The van der Waals surface area contributed by atoms with Crippen molar-refractivity contribution in [1.29, 1.82) is 0 Å². The zero-order valence-electron chi connectivity index (χ0n) is 12.4. The molecular weight excluding hydrogens is 363 g/mol. The number of alkyl halides is 3. The van der Waals surface area contributed by atoms with Crippen molar-refractivity contribution in [2.75, 3.05) is 11.9 Å². The van der Waals surface area contributed by atoms with Gasteiger partial charge in [0, 0.05) is 17.6 Å². The van der Waals surface area contributed by atoms with Crippen molar-refractivity contribution in [2.45, 2.75) is 23.0 Å². The van der Waals surface area contributed by atoms with E-state index in [9.17, 15) is 18.0 Å². The Hall–Kier alpha value is -1.93. The Morgan fingerprint density at radius 1 is 1.33 bits per heavy atom. The molecule has 1 aromatic carbocycles. The fourth-order valence-corrected chi connectivity index (χ4v) is 2.87. The highest BCUT2D eigenvalue weighted by Gasteiger charge is 2.31. The van der Waals surface area contributed by atoms with E-state index in [1.165, 1.54) is 0 Å². The number of halogens is 4. The van der Waals surface area contributed by atoms with Crippen LogP contribution in [0.5, 0.6) is 0 Å². The fourth-order valence-electron chi connectivity index (χ4n) is 1.75. The van der Waals surface area contributed by atoms with Gasteiger partial charge < -0.3 is 10.6 Å². The quantitative estimate of drug-likeness (QED) is 0.786. The first kappa shape index (κ1) is 18.4. The maximum atomic E-state index is 12.6. The van der Waals surface area contributed by atoms with Crippen molar-refractivity contribution in [3.63, 3.8) is 0 Å². The minimum absolute atomic E-state index is 0.109. The number of nitrogens with zero attached hydrogens (tertiary/aromatic N) is 1. The van der Waals surface area contributed by atoms with Crippen LogP contribution >= 0.6 is 23.4 Å². The highest BCUT2D eigenvalue weighted by atomic mass is 35.5. The Kier molecular flexibility index (Phi) is 5.95. The number of para-hydroxylation sites is 1. The number of benzene rings is 1. The summed E-state index contributed by atoms with van der Waals surface area (Å²) in [6, 6.07) is 7.31. The second-order valence-electron chi connectivity index (χ2n) is 4.59. The van der Waals surface area contributed by atoms with E-state index in [1.54, 1.807) is 31.2 Å². The molecular formula is C15H13ClF3N3OS. The summed E-state index contributed by atoms with van der Waals surface area (Å²) in [5, 5.41) is 5.37. The Morgan fingerprint density at radius 3 is 2.67 bits per heavy atom. The van der Waals surface area contributed by atoms with Crippen LogP contribution in [0.25, 0.3) is 0 Å². The van der Waals surface area contributed by atoms with Gasteiger partial charge in [0.1, 0.15) is 5.03 Å². The molecule has 2 aromatic rings. The van der Waals surface area contributed by atoms with Crippen LogP contribution in [0.3, 0.4) is 0 Å². The molecule has 1 aromatic heterocycles. The zero-order valence-corrected chi connectivity index (χ0v) is 14.0. The number of pyridine rings is 1. The van der Waals surface area contributed by atoms with Gasteiger partial charge >= 0.3 is 12.2 Å². The van der Waals surface area contributed by atoms with Gasteiger partial charge in [0.25, 0.3) is 0 Å². The molecule has 0 unspecified atom stereocenters. The number of nitrogens with one attached hydrogen (secondary N) is 2. The Bertz CT molecular complexity index is 740. The number of urea groups is 1. The molecule has 0 aliphatic heterocycles. The first-order chi connectivity index (χ1) is 11.3. The molecule has 9 heteroatoms. The van der Waals surface area contributed by atoms with E-state index < -0.39 is 11.7 Å². The van der Waals surface area contributed by atoms with Gasteiger partial charge in [0.05, 0.1) is 16.3 Å². The molecule has 24 heavy (non-hydrogen) atoms. The summed E-state index contributed by atoms with van der Waals surface area (Å²) < 4.78 is 37.9. The molecule has 0 aliphatic rings. The van der Waals surface area contributed by atoms with Crippen molar-refractivity contribution in [1.82, 2.24) is 10.3 Å². The molecule has 4 nitrogen and oxygen atoms in total. The number of aromatic nitrogens is 1. The van der Waals surface area contributed by atoms with E-state index in [0.717, 1.165) is 24.0 Å². The maximum Gasteiger partial charge on any atom is 0.417 e. The molecule has 0 aliphatic carbocycles. The Labute approximate surface area is 145 Å². The van der Waals surface area contributed by atoms with Crippen molar-refractivity contribution < 1.29 is 18.0 Å². The number of carbonyl (C=O) groups is 1. The average molecular weight is 376 g/mol. The molecule has 0 bridgehead atoms. The second-order valence-corrected chi connectivity index (χ2v) is 6.03. The van der Waals surface area contributed by atoms with Crippen LogP contribution < -0.4 is 10.6 Å². The molecule has 2 amide bonds. The molecule has 0 fully saturated rings. The average Bonchev–Trinajstić information content (AvgIpc) is 2.50. The lowest BCUT2D eigenvalue weighted by atomic mass is 10.3. The molecule has 0 spiro atoms. The molecule has 0 radical (unpaired) electrons. The van der Waals surface area contributed by atoms with Crippen molar-refractivity contribution in [3.8, 4) is 0 Å². The molecule has 1 heterocycles. The van der Waals surface area contributed by atoms with Gasteiger partial charge in [-0.1, -0.05) is 35.5 Å². The van der Waals surface area contributed by atoms with Crippen LogP contribution in [0.1, 0.15) is 12.5 Å². The lowest BCUT2D eigenvalue weighted by Crippen LogP contribution is -2.28. The smallest absolute Gasteiger partial charge is 0.338 e. The second kappa shape index (κ2) is 7.76. The van der Waals surface area contributed by atoms with E-state index in [4.69, 9.17) is 11.6 Å². The highest BCUT2D eigenvalue weighted by molar-refractivity contribution is 7.99. The van der Waals surface area contributed by atoms with E-state index in [1.807, 2.05) is 0 Å². The van der Waals surface area contributed by atoms with Gasteiger partial charge in [0.15, 0.2) is 0 Å². The summed E-state index contributed by atoms with van der Waals surface area (Å²) in [5.41, 5.74) is -0.406. The third kappa shape index (κ3) is 4.78. The van der Waals surface area contributed by atoms with Gasteiger partial charge in [-0.05, 0) is 25.1 Å². The number of carbonyl (C=O) groups excluding carboxylic acids is 1. The lowest BCUT2D eigenvalue weighted by molar-refractivity contribution is -0.137. The minimum Gasteiger partial charge on any atom is -0.338 e. The van der Waals surface area contributed by atoms with E-state index in [0.29, 0.717) is 17.1 Å². The number of hydrogen-bond donors (Lipinski definition) is 2. The molecule has 128 valence electrons. The van der Waals surface area contributed by atoms with Crippen LogP contribution in [0.4, 0.5) is 23.7 Å². The Balaban J connectivity index is 2.24. The summed E-state index contributed by atoms with van der Waals surface area (Å²) in [5.74, 6) is 0. The fraction of sp³-hybridized carbons (Fsp3) is 0.200. The van der Waals surface area contributed by atoms with E-state index in [-0.39, 0.29) is 16.1 Å². The van der Waals surface area contributed by atoms with Crippen LogP contribution in [0, 0.1) is 0 Å². The van der Waals surface area contributed by atoms with Gasteiger partial charge in [0.2, 0.25) is 0 Å². The van der Waals surface area contributed by atoms with Crippen LogP contribution in [-0.2, 0) is 6.18 Å². The van der Waals surface area contributed by atoms with Gasteiger partial charge in [-0.3, -0.25) is 0 Å².